The molecular weight excluding hydrogens is 795 g/mol. The van der Waals surface area contributed by atoms with Crippen molar-refractivity contribution in [1.29, 1.82) is 0 Å². The van der Waals surface area contributed by atoms with E-state index in [9.17, 15) is 0 Å². The summed E-state index contributed by atoms with van der Waals surface area (Å²) in [7, 11) is 0. The first-order chi connectivity index (χ1) is 32.5. The monoisotopic (exact) mass is 843 g/mol. The van der Waals surface area contributed by atoms with Crippen LogP contribution >= 0.6 is 0 Å². The van der Waals surface area contributed by atoms with Gasteiger partial charge in [0.05, 0.1) is 10.8 Å². The zero-order valence-corrected chi connectivity index (χ0v) is 37.3. The van der Waals surface area contributed by atoms with Gasteiger partial charge in [-0.15, -0.1) is 0 Å². The van der Waals surface area contributed by atoms with Crippen LogP contribution in [-0.2, 0) is 16.2 Å². The zero-order valence-electron chi connectivity index (χ0n) is 37.3. The van der Waals surface area contributed by atoms with Crippen molar-refractivity contribution in [1.82, 2.24) is 0 Å². The normalized spacial score (nSPS) is 18.1. The molecule has 0 bridgehead atoms. The van der Waals surface area contributed by atoms with Crippen LogP contribution in [0.2, 0.25) is 0 Å². The van der Waals surface area contributed by atoms with E-state index in [1.165, 1.54) is 83.6 Å². The standard InChI is InChI=1S/C65H49N/c1-63(2)55-28-14-12-26-51(55)53-41-39-50(43-61(53)63)66(48-24-10-5-11-25-48)49-37-34-44(35-38-49)45-36-40-54-52-27-13-15-29-56(52)65(62(54)42-45)59-32-18-16-30-57(59)64(46-20-6-3-7-21-46,47-22-8-4-9-23-47)58-31-17-19-33-60(58)65/h3-43,51,55H,1-2H3. The van der Waals surface area contributed by atoms with E-state index < -0.39 is 10.8 Å². The second-order valence-electron chi connectivity index (χ2n) is 19.2. The van der Waals surface area contributed by atoms with E-state index in [-0.39, 0.29) is 5.41 Å². The van der Waals surface area contributed by atoms with Gasteiger partial charge >= 0.3 is 0 Å². The van der Waals surface area contributed by atoms with Crippen LogP contribution < -0.4 is 4.90 Å². The largest absolute Gasteiger partial charge is 0.310 e. The van der Waals surface area contributed by atoms with Crippen molar-refractivity contribution < 1.29 is 0 Å². The van der Waals surface area contributed by atoms with Gasteiger partial charge < -0.3 is 4.90 Å². The highest BCUT2D eigenvalue weighted by Crippen LogP contribution is 2.65. The summed E-state index contributed by atoms with van der Waals surface area (Å²) >= 11 is 0. The van der Waals surface area contributed by atoms with E-state index in [2.05, 4.69) is 268 Å². The fourth-order valence-electron chi connectivity index (χ4n) is 12.9. The number of allylic oxidation sites excluding steroid dienone is 4. The maximum absolute atomic E-state index is 2.51. The number of hydrogen-bond donors (Lipinski definition) is 0. The minimum Gasteiger partial charge on any atom is -0.310 e. The number of benzene rings is 9. The Morgan fingerprint density at radius 1 is 0.348 bits per heavy atom. The third kappa shape index (κ3) is 5.29. The van der Waals surface area contributed by atoms with E-state index in [0.717, 1.165) is 11.4 Å². The average Bonchev–Trinajstić information content (AvgIpc) is 3.80. The number of anilines is 3. The molecule has 0 radical (unpaired) electrons. The van der Waals surface area contributed by atoms with Gasteiger partial charge in [-0.05, 0) is 132 Å². The molecule has 1 nitrogen and oxygen atoms in total. The molecule has 66 heavy (non-hydrogen) atoms. The predicted octanol–water partition coefficient (Wildman–Crippen LogP) is 16.0. The molecule has 9 aromatic carbocycles. The number of fused-ring (bicyclic) bond motifs is 12. The molecule has 1 heteroatoms. The van der Waals surface area contributed by atoms with Crippen LogP contribution in [0.3, 0.4) is 0 Å². The van der Waals surface area contributed by atoms with Crippen LogP contribution in [0.4, 0.5) is 17.1 Å². The molecule has 0 heterocycles. The Kier molecular flexibility index (Phi) is 8.58. The van der Waals surface area contributed by atoms with E-state index >= 15 is 0 Å². The van der Waals surface area contributed by atoms with Crippen LogP contribution in [0, 0.1) is 5.92 Å². The van der Waals surface area contributed by atoms with Crippen LogP contribution in [0.1, 0.15) is 75.4 Å². The smallest absolute Gasteiger partial charge is 0.0720 e. The second kappa shape index (κ2) is 14.6. The first-order valence-electron chi connectivity index (χ1n) is 23.5. The quantitative estimate of drug-likeness (QED) is 0.161. The number of rotatable bonds is 6. The van der Waals surface area contributed by atoms with Gasteiger partial charge in [-0.2, -0.15) is 0 Å². The first kappa shape index (κ1) is 38.7. The lowest BCUT2D eigenvalue weighted by molar-refractivity contribution is 0.394. The van der Waals surface area contributed by atoms with Crippen molar-refractivity contribution in [3.8, 4) is 22.3 Å². The Hall–Kier alpha value is -7.74. The molecule has 2 unspecified atom stereocenters. The fraction of sp³-hybridized carbons (Fsp3) is 0.108. The van der Waals surface area contributed by atoms with Crippen molar-refractivity contribution in [2.45, 2.75) is 36.0 Å². The summed E-state index contributed by atoms with van der Waals surface area (Å²) < 4.78 is 0. The Balaban J connectivity index is 0.979. The van der Waals surface area contributed by atoms with Crippen molar-refractivity contribution in [3.63, 3.8) is 0 Å². The lowest BCUT2D eigenvalue weighted by Gasteiger charge is -2.50. The highest BCUT2D eigenvalue weighted by molar-refractivity contribution is 5.91. The maximum atomic E-state index is 2.51. The van der Waals surface area contributed by atoms with Gasteiger partial charge in [-0.1, -0.05) is 220 Å². The Labute approximate surface area is 388 Å². The predicted molar refractivity (Wildman–Crippen MR) is 273 cm³/mol. The van der Waals surface area contributed by atoms with Crippen LogP contribution in [0.15, 0.2) is 249 Å². The molecule has 0 saturated carbocycles. The number of para-hydroxylation sites is 1. The third-order valence-electron chi connectivity index (χ3n) is 15.7. The molecular formula is C65H49N. The van der Waals surface area contributed by atoms with Gasteiger partial charge in [0.1, 0.15) is 0 Å². The topological polar surface area (TPSA) is 3.24 Å². The molecule has 13 rings (SSSR count). The van der Waals surface area contributed by atoms with Gasteiger partial charge in [-0.25, -0.2) is 0 Å². The molecule has 4 aliphatic carbocycles. The highest BCUT2D eigenvalue weighted by Gasteiger charge is 2.56. The van der Waals surface area contributed by atoms with E-state index in [1.54, 1.807) is 0 Å². The SMILES string of the molecule is CC1(C)c2cc(N(c3ccccc3)c3ccc(-c4ccc5c(c4)C4(c6ccccc6-5)c5ccccc5C(c5ccccc5)(c5ccccc5)c5ccccc54)cc3)ccc2C2C=CC=CC21. The molecule has 0 aromatic heterocycles. The minimum atomic E-state index is -0.545. The summed E-state index contributed by atoms with van der Waals surface area (Å²) in [5, 5.41) is 0. The zero-order chi connectivity index (χ0) is 44.0. The molecule has 0 amide bonds. The summed E-state index contributed by atoms with van der Waals surface area (Å²) in [6, 6.07) is 84.6. The van der Waals surface area contributed by atoms with Crippen LogP contribution in [-0.4, -0.2) is 0 Å². The molecule has 0 aliphatic heterocycles. The molecule has 0 saturated heterocycles. The lowest BCUT2D eigenvalue weighted by Crippen LogP contribution is -2.44. The molecule has 0 fully saturated rings. The fourth-order valence-corrected chi connectivity index (χ4v) is 12.9. The Morgan fingerprint density at radius 3 is 1.47 bits per heavy atom. The molecule has 2 atom stereocenters. The van der Waals surface area contributed by atoms with E-state index in [4.69, 9.17) is 0 Å². The molecule has 1 spiro atoms. The Morgan fingerprint density at radius 2 is 0.833 bits per heavy atom. The summed E-state index contributed by atoms with van der Waals surface area (Å²) in [6.45, 7) is 4.83. The molecule has 9 aromatic rings. The number of nitrogens with zero attached hydrogens (tertiary/aromatic N) is 1. The highest BCUT2D eigenvalue weighted by atomic mass is 15.1. The van der Waals surface area contributed by atoms with Gasteiger partial charge in [0, 0.05) is 23.0 Å². The summed E-state index contributed by atoms with van der Waals surface area (Å²) in [5.41, 5.74) is 20.8. The van der Waals surface area contributed by atoms with E-state index in [0.29, 0.717) is 11.8 Å². The minimum absolute atomic E-state index is 0.0258. The summed E-state index contributed by atoms with van der Waals surface area (Å²) in [5.74, 6) is 0.880. The van der Waals surface area contributed by atoms with Crippen molar-refractivity contribution >= 4 is 17.1 Å². The Bertz CT molecular complexity index is 3300. The maximum Gasteiger partial charge on any atom is 0.0720 e. The van der Waals surface area contributed by atoms with E-state index in [1.807, 2.05) is 0 Å². The second-order valence-corrected chi connectivity index (χ2v) is 19.2. The molecule has 0 N–H and O–H groups in total. The van der Waals surface area contributed by atoms with Crippen molar-refractivity contribution in [3.05, 3.63) is 304 Å². The first-order valence-corrected chi connectivity index (χ1v) is 23.5. The van der Waals surface area contributed by atoms with Gasteiger partial charge in [-0.3, -0.25) is 0 Å². The molecule has 4 aliphatic rings. The lowest BCUT2D eigenvalue weighted by atomic mass is 9.51. The van der Waals surface area contributed by atoms with Crippen molar-refractivity contribution in [2.75, 3.05) is 4.90 Å². The van der Waals surface area contributed by atoms with Gasteiger partial charge in [0.25, 0.3) is 0 Å². The van der Waals surface area contributed by atoms with Crippen LogP contribution in [0.5, 0.6) is 0 Å². The van der Waals surface area contributed by atoms with Crippen LogP contribution in [0.25, 0.3) is 22.3 Å². The average molecular weight is 844 g/mol. The van der Waals surface area contributed by atoms with Crippen molar-refractivity contribution in [2.24, 2.45) is 5.92 Å². The molecule has 314 valence electrons. The van der Waals surface area contributed by atoms with Gasteiger partial charge in [0.15, 0.2) is 0 Å². The summed E-state index contributed by atoms with van der Waals surface area (Å²) in [6.07, 6.45) is 9.24. The number of hydrogen-bond acceptors (Lipinski definition) is 1. The van der Waals surface area contributed by atoms with Gasteiger partial charge in [0.2, 0.25) is 0 Å². The summed E-state index contributed by atoms with van der Waals surface area (Å²) in [4.78, 5) is 2.42. The third-order valence-corrected chi connectivity index (χ3v) is 15.7.